The van der Waals surface area contributed by atoms with Crippen LogP contribution in [0.1, 0.15) is 20.9 Å². The Bertz CT molecular complexity index is 1150. The molecule has 4 aromatic rings. The van der Waals surface area contributed by atoms with E-state index in [9.17, 15) is 9.90 Å². The van der Waals surface area contributed by atoms with Gasteiger partial charge < -0.3 is 10.4 Å². The van der Waals surface area contributed by atoms with E-state index in [1.165, 1.54) is 15.9 Å². The Kier molecular flexibility index (Phi) is 4.51. The molecule has 0 saturated heterocycles. The number of halogens is 1. The first-order valence-electron chi connectivity index (χ1n) is 8.07. The van der Waals surface area contributed by atoms with E-state index in [4.69, 9.17) is 11.6 Å². The maximum Gasteiger partial charge on any atom is 0.300 e. The zero-order chi connectivity index (χ0) is 19.0. The third-order valence-corrected chi connectivity index (χ3v) is 5.20. The summed E-state index contributed by atoms with van der Waals surface area (Å²) in [6, 6.07) is 8.99. The molecule has 0 saturated carbocycles. The number of thiazole rings is 1. The summed E-state index contributed by atoms with van der Waals surface area (Å²) in [6.07, 6.45) is 4.90. The Morgan fingerprint density at radius 1 is 1.33 bits per heavy atom. The Balaban J connectivity index is 1.78. The molecule has 4 aromatic heterocycles. The first-order valence-corrected chi connectivity index (χ1v) is 9.27. The second-order valence-electron chi connectivity index (χ2n) is 5.87. The molecule has 4 rings (SSSR count). The minimum absolute atomic E-state index is 0.0197. The molecule has 0 atom stereocenters. The van der Waals surface area contributed by atoms with Crippen molar-refractivity contribution >= 4 is 40.3 Å². The minimum Gasteiger partial charge on any atom is -0.839 e. The monoisotopic (exact) mass is 399 g/mol. The quantitative estimate of drug-likeness (QED) is 0.534. The van der Waals surface area contributed by atoms with Crippen LogP contribution in [0.25, 0.3) is 5.65 Å². The van der Waals surface area contributed by atoms with Gasteiger partial charge in [-0.05, 0) is 24.6 Å². The minimum atomic E-state index is -0.510. The number of aryl methyl sites for hydroxylation is 1. The van der Waals surface area contributed by atoms with E-state index < -0.39 is 11.8 Å². The largest absolute Gasteiger partial charge is 0.839 e. The van der Waals surface area contributed by atoms with Gasteiger partial charge in [0.1, 0.15) is 18.2 Å². The number of amides is 1. The topological polar surface area (TPSA) is 86.2 Å². The standard InChI is InChI=1S/C18H14ClN5O2S/c1-11-5-4-7-20-15(11)22-16(25)14-17(26)24(10-12-9-21-18(19)27-12)13-6-2-3-8-23(13)14/h2-9H,10H2,1H3,(H-,20,22,25,26). The summed E-state index contributed by atoms with van der Waals surface area (Å²) < 4.78 is 3.52. The van der Waals surface area contributed by atoms with Gasteiger partial charge in [0.05, 0.1) is 11.1 Å². The van der Waals surface area contributed by atoms with Crippen molar-refractivity contribution in [3.63, 3.8) is 0 Å². The number of fused-ring (bicyclic) bond motifs is 1. The number of aromatic nitrogens is 4. The summed E-state index contributed by atoms with van der Waals surface area (Å²) >= 11 is 7.19. The molecule has 0 bridgehead atoms. The van der Waals surface area contributed by atoms with Gasteiger partial charge in [0.25, 0.3) is 11.6 Å². The highest BCUT2D eigenvalue weighted by atomic mass is 35.5. The first-order chi connectivity index (χ1) is 13.0. The molecule has 1 N–H and O–H groups in total. The first kappa shape index (κ1) is 17.4. The lowest BCUT2D eigenvalue weighted by molar-refractivity contribution is -0.704. The molecule has 136 valence electrons. The lowest BCUT2D eigenvalue weighted by atomic mass is 10.3. The Hall–Kier alpha value is -2.97. The number of carbonyl (C=O) groups excluding carboxylic acids is 1. The highest BCUT2D eigenvalue weighted by Gasteiger charge is 2.26. The number of nitrogens with zero attached hydrogens (tertiary/aromatic N) is 4. The lowest BCUT2D eigenvalue weighted by Crippen LogP contribution is -2.36. The van der Waals surface area contributed by atoms with Crippen LogP contribution in [0.15, 0.2) is 48.9 Å². The highest BCUT2D eigenvalue weighted by Crippen LogP contribution is 2.21. The van der Waals surface area contributed by atoms with E-state index in [2.05, 4.69) is 15.3 Å². The van der Waals surface area contributed by atoms with Crippen molar-refractivity contribution in [3.8, 4) is 5.88 Å². The zero-order valence-electron chi connectivity index (χ0n) is 14.2. The van der Waals surface area contributed by atoms with Gasteiger partial charge in [-0.25, -0.2) is 14.5 Å². The third-order valence-electron chi connectivity index (χ3n) is 4.10. The van der Waals surface area contributed by atoms with Gasteiger partial charge >= 0.3 is 0 Å². The van der Waals surface area contributed by atoms with Gasteiger partial charge in [-0.1, -0.05) is 23.7 Å². The van der Waals surface area contributed by atoms with Crippen LogP contribution in [0.5, 0.6) is 5.88 Å². The van der Waals surface area contributed by atoms with Crippen LogP contribution in [-0.2, 0) is 6.54 Å². The van der Waals surface area contributed by atoms with E-state index in [1.54, 1.807) is 41.2 Å². The van der Waals surface area contributed by atoms with Gasteiger partial charge in [0.2, 0.25) is 5.69 Å². The third kappa shape index (κ3) is 3.24. The van der Waals surface area contributed by atoms with Gasteiger partial charge in [-0.15, -0.1) is 11.3 Å². The number of anilines is 1. The molecule has 0 spiro atoms. The molecule has 7 nitrogen and oxygen atoms in total. The summed E-state index contributed by atoms with van der Waals surface area (Å²) in [4.78, 5) is 21.8. The fourth-order valence-corrected chi connectivity index (χ4v) is 3.80. The van der Waals surface area contributed by atoms with Crippen molar-refractivity contribution < 1.29 is 14.5 Å². The van der Waals surface area contributed by atoms with Crippen LogP contribution < -0.4 is 15.0 Å². The predicted molar refractivity (Wildman–Crippen MR) is 100 cm³/mol. The number of hydrogen-bond donors (Lipinski definition) is 1. The van der Waals surface area contributed by atoms with Crippen LogP contribution in [0.2, 0.25) is 4.47 Å². The molecule has 0 fully saturated rings. The summed E-state index contributed by atoms with van der Waals surface area (Å²) in [5, 5.41) is 15.8. The van der Waals surface area contributed by atoms with Crippen molar-refractivity contribution in [2.24, 2.45) is 0 Å². The molecule has 0 radical (unpaired) electrons. The number of carbonyl (C=O) groups is 1. The zero-order valence-corrected chi connectivity index (χ0v) is 15.8. The second-order valence-corrected chi connectivity index (χ2v) is 7.57. The van der Waals surface area contributed by atoms with E-state index in [-0.39, 0.29) is 12.2 Å². The molecule has 1 amide bonds. The Labute approximate surface area is 163 Å². The van der Waals surface area contributed by atoms with E-state index in [1.807, 2.05) is 19.1 Å². The lowest BCUT2D eigenvalue weighted by Gasteiger charge is -2.08. The van der Waals surface area contributed by atoms with E-state index in [0.717, 1.165) is 10.4 Å². The molecule has 0 aromatic carbocycles. The molecule has 27 heavy (non-hydrogen) atoms. The van der Waals surface area contributed by atoms with Crippen molar-refractivity contribution in [1.29, 1.82) is 0 Å². The molecule has 0 aliphatic heterocycles. The van der Waals surface area contributed by atoms with Crippen molar-refractivity contribution in [1.82, 2.24) is 14.4 Å². The van der Waals surface area contributed by atoms with Crippen molar-refractivity contribution in [2.45, 2.75) is 13.5 Å². The van der Waals surface area contributed by atoms with Gasteiger partial charge in [0, 0.05) is 18.5 Å². The predicted octanol–water partition coefficient (Wildman–Crippen LogP) is 2.41. The van der Waals surface area contributed by atoms with Crippen molar-refractivity contribution in [3.05, 3.63) is 69.5 Å². The fourth-order valence-electron chi connectivity index (χ4n) is 2.83. The number of hydrogen-bond acceptors (Lipinski definition) is 5. The number of pyridine rings is 2. The second kappa shape index (κ2) is 6.98. The number of imidazole rings is 1. The maximum atomic E-state index is 13.0. The molecular weight excluding hydrogens is 386 g/mol. The average Bonchev–Trinajstić information content (AvgIpc) is 3.19. The number of nitrogens with one attached hydrogen (secondary N) is 1. The SMILES string of the molecule is Cc1cccnc1NC(=O)c1c([O-])[n+](Cc2cnc(Cl)s2)c2ccccn12. The summed E-state index contributed by atoms with van der Waals surface area (Å²) in [5.74, 6) is -0.477. The van der Waals surface area contributed by atoms with Crippen LogP contribution in [0.4, 0.5) is 5.82 Å². The van der Waals surface area contributed by atoms with Gasteiger partial charge in [-0.3, -0.25) is 4.79 Å². The summed E-state index contributed by atoms with van der Waals surface area (Å²) in [5.41, 5.74) is 1.44. The molecule has 4 heterocycles. The van der Waals surface area contributed by atoms with Crippen LogP contribution in [0, 0.1) is 6.92 Å². The summed E-state index contributed by atoms with van der Waals surface area (Å²) in [6.45, 7) is 2.12. The molecular formula is C18H14ClN5O2S. The molecule has 0 aliphatic carbocycles. The number of rotatable bonds is 4. The van der Waals surface area contributed by atoms with Crippen molar-refractivity contribution in [2.75, 3.05) is 5.32 Å². The summed E-state index contributed by atoms with van der Waals surface area (Å²) in [7, 11) is 0. The van der Waals surface area contributed by atoms with E-state index in [0.29, 0.717) is 15.9 Å². The van der Waals surface area contributed by atoms with Gasteiger partial charge in [0.15, 0.2) is 4.47 Å². The van der Waals surface area contributed by atoms with Crippen LogP contribution >= 0.6 is 22.9 Å². The van der Waals surface area contributed by atoms with Crippen LogP contribution in [0.3, 0.4) is 0 Å². The van der Waals surface area contributed by atoms with Gasteiger partial charge in [-0.2, -0.15) is 4.40 Å². The normalized spacial score (nSPS) is 11.0. The highest BCUT2D eigenvalue weighted by molar-refractivity contribution is 7.15. The molecule has 9 heteroatoms. The maximum absolute atomic E-state index is 13.0. The fraction of sp³-hybridized carbons (Fsp3) is 0.111. The Morgan fingerprint density at radius 2 is 2.19 bits per heavy atom. The van der Waals surface area contributed by atoms with E-state index >= 15 is 0 Å². The molecule has 0 unspecified atom stereocenters. The van der Waals surface area contributed by atoms with Crippen LogP contribution in [-0.4, -0.2) is 20.3 Å². The smallest absolute Gasteiger partial charge is 0.300 e. The Morgan fingerprint density at radius 3 is 2.93 bits per heavy atom. The molecule has 0 aliphatic rings. The average molecular weight is 400 g/mol.